The Morgan fingerprint density at radius 2 is 1.00 bits per heavy atom. The molecule has 16 nitrogen and oxygen atoms in total. The second-order valence-corrected chi connectivity index (χ2v) is 10.9. The number of hydroxylamine groups is 6. The highest BCUT2D eigenvalue weighted by molar-refractivity contribution is 6.36. The molecule has 0 heterocycles. The van der Waals surface area contributed by atoms with E-state index in [1.165, 1.54) is 6.92 Å². The normalized spacial score (nSPS) is 10.8. The molecule has 0 aromatic heterocycles. The molecule has 0 atom stereocenters. The summed E-state index contributed by atoms with van der Waals surface area (Å²) in [5.41, 5.74) is -1.25. The first-order chi connectivity index (χ1) is 21.8. The molecule has 0 saturated carbocycles. The maximum absolute atomic E-state index is 12.0. The fourth-order valence-electron chi connectivity index (χ4n) is 4.23. The van der Waals surface area contributed by atoms with Crippen LogP contribution in [0.25, 0.3) is 0 Å². The van der Waals surface area contributed by atoms with Crippen LogP contribution < -0.4 is 32.3 Å². The Labute approximate surface area is 269 Å². The molecule has 256 valence electrons. The topological polar surface area (TPSA) is 226 Å². The SMILES string of the molecule is [B]c1c(NCCCCCN(O)C(=O)CCC(=O)NCCCCCN(O)C(=O)CCC(=O)NCCCCCN(O)C(C)=O)c(=O)c1=O. The average Bonchev–Trinajstić information content (AvgIpc) is 3.03. The van der Waals surface area contributed by atoms with Gasteiger partial charge in [-0.05, 0) is 63.3 Å². The van der Waals surface area contributed by atoms with Crippen LogP contribution >= 0.6 is 0 Å². The molecule has 0 fully saturated rings. The number of anilines is 1. The number of rotatable bonds is 25. The van der Waals surface area contributed by atoms with E-state index in [0.29, 0.717) is 92.6 Å². The summed E-state index contributed by atoms with van der Waals surface area (Å²) < 4.78 is 0. The molecule has 0 saturated heterocycles. The second-order valence-electron chi connectivity index (χ2n) is 10.9. The van der Waals surface area contributed by atoms with Gasteiger partial charge in [-0.25, -0.2) is 15.2 Å². The van der Waals surface area contributed by atoms with Crippen LogP contribution in [0.15, 0.2) is 9.59 Å². The minimum absolute atomic E-state index is 0.0607. The summed E-state index contributed by atoms with van der Waals surface area (Å²) in [5.74, 6) is -2.23. The summed E-state index contributed by atoms with van der Waals surface area (Å²) in [6, 6.07) is 0. The first kappa shape index (κ1) is 40.2. The molecule has 0 unspecified atom stereocenters. The fourth-order valence-corrected chi connectivity index (χ4v) is 4.23. The van der Waals surface area contributed by atoms with Crippen LogP contribution in [0, 0.1) is 0 Å². The summed E-state index contributed by atoms with van der Waals surface area (Å²) in [4.78, 5) is 81.2. The van der Waals surface area contributed by atoms with Crippen molar-refractivity contribution in [1.82, 2.24) is 25.8 Å². The van der Waals surface area contributed by atoms with E-state index < -0.39 is 28.6 Å². The van der Waals surface area contributed by atoms with Gasteiger partial charge >= 0.3 is 0 Å². The molecular formula is C29H47BN6O10. The Bertz CT molecular complexity index is 1210. The summed E-state index contributed by atoms with van der Waals surface area (Å²) in [6.07, 6.45) is 4.98. The number of hydrogen-bond donors (Lipinski definition) is 6. The van der Waals surface area contributed by atoms with Crippen LogP contribution in [0.2, 0.25) is 0 Å². The van der Waals surface area contributed by atoms with Gasteiger partial charge in [0.2, 0.25) is 40.4 Å². The third-order valence-corrected chi connectivity index (χ3v) is 7.10. The quantitative estimate of drug-likeness (QED) is 0.0259. The van der Waals surface area contributed by atoms with Crippen LogP contribution in [0.5, 0.6) is 0 Å². The minimum Gasteiger partial charge on any atom is -0.382 e. The minimum atomic E-state index is -0.687. The molecule has 0 spiro atoms. The Morgan fingerprint density at radius 3 is 1.41 bits per heavy atom. The van der Waals surface area contributed by atoms with E-state index in [9.17, 15) is 49.2 Å². The Hall–Kier alpha value is -3.83. The van der Waals surface area contributed by atoms with Gasteiger partial charge in [0, 0.05) is 71.9 Å². The molecule has 17 heteroatoms. The Morgan fingerprint density at radius 1 is 0.587 bits per heavy atom. The van der Waals surface area contributed by atoms with Crippen molar-refractivity contribution in [2.24, 2.45) is 0 Å². The van der Waals surface area contributed by atoms with E-state index in [1.54, 1.807) is 0 Å². The average molecular weight is 651 g/mol. The lowest BCUT2D eigenvalue weighted by atomic mass is 9.89. The predicted molar refractivity (Wildman–Crippen MR) is 167 cm³/mol. The highest BCUT2D eigenvalue weighted by atomic mass is 16.5. The Balaban J connectivity index is 2.00. The summed E-state index contributed by atoms with van der Waals surface area (Å²) in [6.45, 7) is 2.84. The fraction of sp³-hybridized carbons (Fsp3) is 0.690. The van der Waals surface area contributed by atoms with Gasteiger partial charge in [0.1, 0.15) is 7.85 Å². The second kappa shape index (κ2) is 22.6. The van der Waals surface area contributed by atoms with Crippen molar-refractivity contribution < 1.29 is 39.6 Å². The van der Waals surface area contributed by atoms with Crippen molar-refractivity contribution in [2.75, 3.05) is 44.6 Å². The van der Waals surface area contributed by atoms with E-state index in [-0.39, 0.29) is 68.3 Å². The monoisotopic (exact) mass is 650 g/mol. The number of nitrogens with one attached hydrogen (secondary N) is 3. The van der Waals surface area contributed by atoms with E-state index >= 15 is 0 Å². The van der Waals surface area contributed by atoms with Crippen LogP contribution in [0.1, 0.15) is 90.4 Å². The highest BCUT2D eigenvalue weighted by Crippen LogP contribution is 2.04. The van der Waals surface area contributed by atoms with Crippen LogP contribution in [-0.4, -0.2) is 107 Å². The van der Waals surface area contributed by atoms with Crippen molar-refractivity contribution in [3.8, 4) is 0 Å². The molecule has 2 radical (unpaired) electrons. The van der Waals surface area contributed by atoms with Crippen molar-refractivity contribution in [3.63, 3.8) is 0 Å². The van der Waals surface area contributed by atoms with Gasteiger partial charge in [-0.3, -0.25) is 49.2 Å². The molecule has 1 aromatic rings. The number of carbonyl (C=O) groups excluding carboxylic acids is 5. The number of unbranched alkanes of at least 4 members (excludes halogenated alkanes) is 6. The van der Waals surface area contributed by atoms with Gasteiger partial charge in [0.15, 0.2) is 0 Å². The zero-order valence-corrected chi connectivity index (χ0v) is 26.6. The molecule has 1 rings (SSSR count). The first-order valence-electron chi connectivity index (χ1n) is 15.7. The first-order valence-corrected chi connectivity index (χ1v) is 15.7. The van der Waals surface area contributed by atoms with Crippen LogP contribution in [-0.2, 0) is 24.0 Å². The number of carbonyl (C=O) groups is 5. The van der Waals surface area contributed by atoms with Crippen molar-refractivity contribution in [2.45, 2.75) is 90.4 Å². The molecule has 46 heavy (non-hydrogen) atoms. The van der Waals surface area contributed by atoms with Gasteiger partial charge in [0.05, 0.1) is 5.69 Å². The molecule has 0 aliphatic carbocycles. The number of nitrogens with zero attached hydrogens (tertiary/aromatic N) is 3. The number of amides is 5. The van der Waals surface area contributed by atoms with E-state index in [0.717, 1.165) is 0 Å². The summed E-state index contributed by atoms with van der Waals surface area (Å²) >= 11 is 0. The summed E-state index contributed by atoms with van der Waals surface area (Å²) in [5, 5.41) is 39.0. The molecule has 5 amide bonds. The molecular weight excluding hydrogens is 603 g/mol. The molecule has 0 aliphatic rings. The third kappa shape index (κ3) is 16.5. The Kier molecular flexibility index (Phi) is 19.8. The largest absolute Gasteiger partial charge is 0.382 e. The highest BCUT2D eigenvalue weighted by Gasteiger charge is 2.16. The lowest BCUT2D eigenvalue weighted by Gasteiger charge is -2.15. The summed E-state index contributed by atoms with van der Waals surface area (Å²) in [7, 11) is 5.43. The zero-order chi connectivity index (χ0) is 34.5. The maximum atomic E-state index is 12.0. The predicted octanol–water partition coefficient (Wildman–Crippen LogP) is -0.535. The smallest absolute Gasteiger partial charge is 0.247 e. The number of hydrogen-bond acceptors (Lipinski definition) is 11. The van der Waals surface area contributed by atoms with Crippen LogP contribution in [0.4, 0.5) is 5.69 Å². The van der Waals surface area contributed by atoms with E-state index in [1.807, 2.05) is 0 Å². The molecule has 0 bridgehead atoms. The van der Waals surface area contributed by atoms with Gasteiger partial charge in [-0.1, -0.05) is 0 Å². The van der Waals surface area contributed by atoms with Gasteiger partial charge in [0.25, 0.3) is 0 Å². The van der Waals surface area contributed by atoms with Crippen molar-refractivity contribution in [1.29, 1.82) is 0 Å². The van der Waals surface area contributed by atoms with E-state index in [2.05, 4.69) is 16.0 Å². The third-order valence-electron chi connectivity index (χ3n) is 7.10. The van der Waals surface area contributed by atoms with Crippen molar-refractivity contribution >= 4 is 48.5 Å². The van der Waals surface area contributed by atoms with Crippen LogP contribution in [0.3, 0.4) is 0 Å². The lowest BCUT2D eigenvalue weighted by molar-refractivity contribution is -0.166. The van der Waals surface area contributed by atoms with Gasteiger partial charge in [-0.15, -0.1) is 0 Å². The maximum Gasteiger partial charge on any atom is 0.247 e. The molecule has 6 N–H and O–H groups in total. The molecule has 1 aromatic carbocycles. The zero-order valence-electron chi connectivity index (χ0n) is 26.6. The van der Waals surface area contributed by atoms with Gasteiger partial charge in [-0.2, -0.15) is 0 Å². The lowest BCUT2D eigenvalue weighted by Crippen LogP contribution is -2.49. The van der Waals surface area contributed by atoms with Crippen molar-refractivity contribution in [3.05, 3.63) is 20.4 Å². The standard InChI is InChI=1S/C29H47BN6O10/c1-21(37)34(44)18-8-2-5-15-31-22(38)11-13-24(40)35(45)19-9-3-6-16-32-23(39)12-14-25(41)36(46)20-10-4-7-17-33-27-26(30)28(42)29(27)43/h33,44-46H,2-20H2,1H3,(H,31,38)(H,32,39). The molecule has 0 aliphatic heterocycles. The van der Waals surface area contributed by atoms with E-state index in [4.69, 9.17) is 7.85 Å². The van der Waals surface area contributed by atoms with Gasteiger partial charge < -0.3 is 16.0 Å².